The van der Waals surface area contributed by atoms with Crippen LogP contribution in [-0.4, -0.2) is 27.6 Å². The number of anilines is 1. The van der Waals surface area contributed by atoms with Crippen molar-refractivity contribution in [1.82, 2.24) is 0 Å². The lowest BCUT2D eigenvalue weighted by Crippen LogP contribution is -2.13. The third kappa shape index (κ3) is 4.33. The summed E-state index contributed by atoms with van der Waals surface area (Å²) >= 11 is 6.26. The van der Waals surface area contributed by atoms with Gasteiger partial charge in [-0.15, -0.1) is 0 Å². The summed E-state index contributed by atoms with van der Waals surface area (Å²) in [6.07, 6.45) is 0. The van der Waals surface area contributed by atoms with Gasteiger partial charge in [0, 0.05) is 5.39 Å². The first kappa shape index (κ1) is 21.0. The van der Waals surface area contributed by atoms with Crippen LogP contribution in [0.3, 0.4) is 0 Å². The molecule has 9 heteroatoms. The van der Waals surface area contributed by atoms with Gasteiger partial charge in [-0.2, -0.15) is 0 Å². The maximum atomic E-state index is 12.7. The van der Waals surface area contributed by atoms with Crippen molar-refractivity contribution in [2.75, 3.05) is 17.9 Å². The van der Waals surface area contributed by atoms with Crippen LogP contribution in [0.1, 0.15) is 30.0 Å². The number of hydrogen-bond acceptors (Lipinski definition) is 6. The lowest BCUT2D eigenvalue weighted by atomic mass is 10.1. The molecule has 154 valence electrons. The molecule has 0 amide bonds. The molecule has 1 aromatic heterocycles. The summed E-state index contributed by atoms with van der Waals surface area (Å²) in [6, 6.07) is 8.96. The van der Waals surface area contributed by atoms with Crippen molar-refractivity contribution in [3.8, 4) is 5.75 Å². The lowest BCUT2D eigenvalue weighted by Gasteiger charge is -2.10. The minimum absolute atomic E-state index is 0.0613. The van der Waals surface area contributed by atoms with Crippen LogP contribution in [0.15, 0.2) is 45.7 Å². The van der Waals surface area contributed by atoms with Crippen molar-refractivity contribution in [1.29, 1.82) is 0 Å². The van der Waals surface area contributed by atoms with Gasteiger partial charge in [-0.1, -0.05) is 11.6 Å². The van der Waals surface area contributed by atoms with E-state index in [0.717, 1.165) is 0 Å². The molecular formula is C20H20ClNO6S. The van der Waals surface area contributed by atoms with Gasteiger partial charge in [-0.25, -0.2) is 13.2 Å². The first-order chi connectivity index (χ1) is 13.8. The maximum Gasteiger partial charge on any atom is 0.342 e. The number of aryl methyl sites for hydroxylation is 1. The number of halogens is 1. The van der Waals surface area contributed by atoms with Gasteiger partial charge in [0.2, 0.25) is 0 Å². The summed E-state index contributed by atoms with van der Waals surface area (Å²) in [5, 5.41) is 0.545. The highest BCUT2D eigenvalue weighted by atomic mass is 35.5. The Bertz CT molecular complexity index is 1150. The van der Waals surface area contributed by atoms with Crippen molar-refractivity contribution in [3.63, 3.8) is 0 Å². The number of hydrogen-bond donors (Lipinski definition) is 1. The number of rotatable bonds is 7. The van der Waals surface area contributed by atoms with E-state index in [1.54, 1.807) is 26.0 Å². The molecule has 0 aliphatic heterocycles. The Labute approximate surface area is 173 Å². The van der Waals surface area contributed by atoms with Crippen molar-refractivity contribution in [2.45, 2.75) is 25.7 Å². The lowest BCUT2D eigenvalue weighted by molar-refractivity contribution is 0.0526. The smallest absolute Gasteiger partial charge is 0.342 e. The third-order valence-electron chi connectivity index (χ3n) is 4.10. The Morgan fingerprint density at radius 2 is 1.83 bits per heavy atom. The largest absolute Gasteiger partial charge is 0.494 e. The monoisotopic (exact) mass is 437 g/mol. The number of esters is 1. The van der Waals surface area contributed by atoms with E-state index >= 15 is 0 Å². The van der Waals surface area contributed by atoms with Gasteiger partial charge in [0.05, 0.1) is 28.8 Å². The molecule has 0 saturated heterocycles. The van der Waals surface area contributed by atoms with Gasteiger partial charge in [-0.3, -0.25) is 4.72 Å². The fourth-order valence-corrected chi connectivity index (χ4v) is 4.19. The normalized spacial score (nSPS) is 11.4. The summed E-state index contributed by atoms with van der Waals surface area (Å²) in [5.41, 5.74) is 0.699. The molecule has 0 aliphatic carbocycles. The minimum Gasteiger partial charge on any atom is -0.494 e. The second kappa shape index (κ2) is 8.34. The molecule has 0 saturated carbocycles. The number of sulfonamides is 1. The molecule has 1 heterocycles. The quantitative estimate of drug-likeness (QED) is 0.535. The van der Waals surface area contributed by atoms with Crippen LogP contribution in [0.25, 0.3) is 11.0 Å². The average molecular weight is 438 g/mol. The molecule has 3 rings (SSSR count). The van der Waals surface area contributed by atoms with E-state index in [0.29, 0.717) is 23.5 Å². The predicted octanol–water partition coefficient (Wildman–Crippen LogP) is 4.77. The fourth-order valence-electron chi connectivity index (χ4n) is 2.89. The van der Waals surface area contributed by atoms with E-state index in [9.17, 15) is 13.2 Å². The van der Waals surface area contributed by atoms with E-state index in [2.05, 4.69) is 4.72 Å². The van der Waals surface area contributed by atoms with Gasteiger partial charge in [-0.05, 0) is 57.2 Å². The van der Waals surface area contributed by atoms with Crippen molar-refractivity contribution < 1.29 is 27.1 Å². The molecule has 0 radical (unpaired) electrons. The molecule has 0 unspecified atom stereocenters. The number of carbonyl (C=O) groups is 1. The standard InChI is InChI=1S/C20H20ClNO6S/c1-4-26-14-6-8-15(9-7-14)29(24,25)22-13-10-16-18(20(23)27-5-2)12(3)28-19(16)17(21)11-13/h6-11,22H,4-5H2,1-3H3. The summed E-state index contributed by atoms with van der Waals surface area (Å²) in [7, 11) is -3.88. The third-order valence-corrected chi connectivity index (χ3v) is 5.77. The maximum absolute atomic E-state index is 12.7. The summed E-state index contributed by atoms with van der Waals surface area (Å²) in [5.74, 6) is 0.349. The number of nitrogens with one attached hydrogen (secondary N) is 1. The van der Waals surface area contributed by atoms with E-state index in [-0.39, 0.29) is 33.4 Å². The molecule has 3 aromatic rings. The van der Waals surface area contributed by atoms with Crippen molar-refractivity contribution >= 4 is 44.3 Å². The van der Waals surface area contributed by atoms with Crippen LogP contribution >= 0.6 is 11.6 Å². The minimum atomic E-state index is -3.88. The second-order valence-corrected chi connectivity index (χ2v) is 8.19. The summed E-state index contributed by atoms with van der Waals surface area (Å²) in [6.45, 7) is 5.83. The molecule has 0 aliphatic rings. The zero-order chi connectivity index (χ0) is 21.2. The molecule has 0 bridgehead atoms. The number of ether oxygens (including phenoxy) is 2. The van der Waals surface area contributed by atoms with Crippen molar-refractivity contribution in [3.05, 3.63) is 52.7 Å². The van der Waals surface area contributed by atoms with Crippen LogP contribution in [0.2, 0.25) is 5.02 Å². The van der Waals surface area contributed by atoms with Gasteiger partial charge in [0.1, 0.15) is 17.1 Å². The van der Waals surface area contributed by atoms with Gasteiger partial charge >= 0.3 is 5.97 Å². The van der Waals surface area contributed by atoms with Gasteiger partial charge < -0.3 is 13.9 Å². The summed E-state index contributed by atoms with van der Waals surface area (Å²) < 4.78 is 43.9. The molecule has 0 spiro atoms. The Hall–Kier alpha value is -2.71. The summed E-state index contributed by atoms with van der Waals surface area (Å²) in [4.78, 5) is 12.3. The van der Waals surface area contributed by atoms with Crippen LogP contribution in [0, 0.1) is 6.92 Å². The van der Waals surface area contributed by atoms with Crippen LogP contribution in [-0.2, 0) is 14.8 Å². The fraction of sp³-hybridized carbons (Fsp3) is 0.250. The Morgan fingerprint density at radius 3 is 2.45 bits per heavy atom. The van der Waals surface area contributed by atoms with E-state index in [1.807, 2.05) is 6.92 Å². The molecule has 29 heavy (non-hydrogen) atoms. The number of benzene rings is 2. The first-order valence-electron chi connectivity index (χ1n) is 8.92. The topological polar surface area (TPSA) is 94.8 Å². The molecule has 0 fully saturated rings. The SMILES string of the molecule is CCOC(=O)c1c(C)oc2c(Cl)cc(NS(=O)(=O)c3ccc(OCC)cc3)cc12. The second-order valence-electron chi connectivity index (χ2n) is 6.10. The van der Waals surface area contributed by atoms with Crippen LogP contribution < -0.4 is 9.46 Å². The van der Waals surface area contributed by atoms with Crippen LogP contribution in [0.4, 0.5) is 5.69 Å². The zero-order valence-corrected chi connectivity index (χ0v) is 17.7. The van der Waals surface area contributed by atoms with Crippen LogP contribution in [0.5, 0.6) is 5.75 Å². The highest BCUT2D eigenvalue weighted by molar-refractivity contribution is 7.92. The predicted molar refractivity (Wildman–Crippen MR) is 110 cm³/mol. The van der Waals surface area contributed by atoms with Gasteiger partial charge in [0.15, 0.2) is 5.58 Å². The molecular weight excluding hydrogens is 418 g/mol. The highest BCUT2D eigenvalue weighted by Gasteiger charge is 2.23. The number of furan rings is 1. The number of carbonyl (C=O) groups excluding carboxylic acids is 1. The highest BCUT2D eigenvalue weighted by Crippen LogP contribution is 2.35. The Balaban J connectivity index is 1.99. The van der Waals surface area contributed by atoms with Crippen molar-refractivity contribution in [2.24, 2.45) is 0 Å². The Kier molecular flexibility index (Phi) is 6.04. The zero-order valence-electron chi connectivity index (χ0n) is 16.1. The van der Waals surface area contributed by atoms with E-state index < -0.39 is 16.0 Å². The molecule has 1 N–H and O–H groups in total. The van der Waals surface area contributed by atoms with E-state index in [4.69, 9.17) is 25.5 Å². The molecule has 0 atom stereocenters. The number of fused-ring (bicyclic) bond motifs is 1. The van der Waals surface area contributed by atoms with Gasteiger partial charge in [0.25, 0.3) is 10.0 Å². The molecule has 7 nitrogen and oxygen atoms in total. The van der Waals surface area contributed by atoms with E-state index in [1.165, 1.54) is 24.3 Å². The first-order valence-corrected chi connectivity index (χ1v) is 10.8. The molecule has 2 aromatic carbocycles. The Morgan fingerprint density at radius 1 is 1.14 bits per heavy atom. The average Bonchev–Trinajstić information content (AvgIpc) is 2.99.